The monoisotopic (exact) mass is 485 g/mol. The van der Waals surface area contributed by atoms with Gasteiger partial charge in [-0.15, -0.1) is 4.58 Å². The molecule has 0 spiro atoms. The number of nitrogens with zero attached hydrogens (tertiary/aromatic N) is 2. The number of hydrogen-bond acceptors (Lipinski definition) is 5. The maximum Gasteiger partial charge on any atom is 0.596 e. The lowest BCUT2D eigenvalue weighted by Gasteiger charge is -2.29. The molecule has 1 aliphatic rings. The highest BCUT2D eigenvalue weighted by Gasteiger charge is 2.37. The lowest BCUT2D eigenvalue weighted by atomic mass is 10.0. The number of carboxylic acids is 1. The minimum absolute atomic E-state index is 0.0742. The van der Waals surface area contributed by atoms with Crippen LogP contribution in [0.25, 0.3) is 0 Å². The second-order valence-corrected chi connectivity index (χ2v) is 9.46. The molecule has 2 aromatic carbocycles. The van der Waals surface area contributed by atoms with E-state index in [0.717, 1.165) is 0 Å². The molecule has 0 fully saturated rings. The van der Waals surface area contributed by atoms with E-state index in [1.54, 1.807) is 51.7 Å². The van der Waals surface area contributed by atoms with Gasteiger partial charge in [-0.1, -0.05) is 12.1 Å². The number of aromatic carboxylic acids is 1. The van der Waals surface area contributed by atoms with Crippen molar-refractivity contribution in [3.05, 3.63) is 65.0 Å². The Morgan fingerprint density at radius 3 is 2.29 bits per heavy atom. The van der Waals surface area contributed by atoms with Gasteiger partial charge < -0.3 is 19.5 Å². The first-order valence-corrected chi connectivity index (χ1v) is 11.2. The van der Waals surface area contributed by atoms with Crippen LogP contribution in [0.15, 0.2) is 42.5 Å². The third kappa shape index (κ3) is 6.44. The lowest BCUT2D eigenvalue weighted by molar-refractivity contribution is -0.457. The number of hydrogen-bond donors (Lipinski definition) is 1. The second kappa shape index (κ2) is 10.2. The predicted octanol–water partition coefficient (Wildman–Crippen LogP) is 4.20. The van der Waals surface area contributed by atoms with Crippen LogP contribution in [0.5, 0.6) is 5.75 Å². The van der Waals surface area contributed by atoms with Crippen LogP contribution in [0.3, 0.4) is 0 Å². The molecule has 0 saturated carbocycles. The fourth-order valence-corrected chi connectivity index (χ4v) is 3.62. The summed E-state index contributed by atoms with van der Waals surface area (Å²) in [5, 5.41) is 9.12. The van der Waals surface area contributed by atoms with E-state index in [1.165, 1.54) is 34.9 Å². The second-order valence-electron chi connectivity index (χ2n) is 9.46. The molecule has 0 aromatic heterocycles. The molecular formula is C26H30FN2O6+. The molecule has 9 heteroatoms. The molecular weight excluding hydrogens is 455 g/mol. The number of halogens is 1. The number of carboxylic acid groups (broad SMARTS) is 1. The summed E-state index contributed by atoms with van der Waals surface area (Å²) in [5.41, 5.74) is 0.826. The highest BCUT2D eigenvalue weighted by molar-refractivity contribution is 5.90. The fraction of sp³-hybridized carbons (Fsp3) is 0.385. The number of carbonyl (C=O) groups is 3. The Labute approximate surface area is 203 Å². The number of amides is 2. The first-order chi connectivity index (χ1) is 16.4. The number of aryl methyl sites for hydroxylation is 1. The first-order valence-electron chi connectivity index (χ1n) is 11.2. The van der Waals surface area contributed by atoms with E-state index in [0.29, 0.717) is 16.8 Å². The summed E-state index contributed by atoms with van der Waals surface area (Å²) in [6, 6.07) is 10.1. The largest absolute Gasteiger partial charge is 0.596 e. The van der Waals surface area contributed by atoms with Crippen LogP contribution in [0, 0.1) is 12.7 Å². The molecule has 0 aliphatic carbocycles. The molecule has 0 bridgehead atoms. The smallest absolute Gasteiger partial charge is 0.478 e. The van der Waals surface area contributed by atoms with Crippen LogP contribution >= 0.6 is 0 Å². The molecule has 0 radical (unpaired) electrons. The van der Waals surface area contributed by atoms with Crippen LogP contribution in [0.2, 0.25) is 0 Å². The molecule has 0 unspecified atom stereocenters. The number of ether oxygens (including phenoxy) is 2. The van der Waals surface area contributed by atoms with Gasteiger partial charge in [0.05, 0.1) is 12.1 Å². The van der Waals surface area contributed by atoms with Crippen LogP contribution in [-0.4, -0.2) is 63.5 Å². The molecule has 2 aromatic rings. The van der Waals surface area contributed by atoms with Gasteiger partial charge >= 0.3 is 12.1 Å². The minimum atomic E-state index is -1.17. The van der Waals surface area contributed by atoms with Gasteiger partial charge in [0.15, 0.2) is 12.3 Å². The summed E-state index contributed by atoms with van der Waals surface area (Å²) in [5.74, 6) is -1.69. The van der Waals surface area contributed by atoms with Crippen molar-refractivity contribution in [1.82, 2.24) is 4.90 Å². The van der Waals surface area contributed by atoms with Gasteiger partial charge in [-0.05, 0) is 63.6 Å². The number of benzene rings is 2. The molecule has 8 nitrogen and oxygen atoms in total. The third-order valence-corrected chi connectivity index (χ3v) is 5.48. The quantitative estimate of drug-likeness (QED) is 0.638. The topological polar surface area (TPSA) is 96.1 Å². The van der Waals surface area contributed by atoms with Gasteiger partial charge in [0, 0.05) is 12.5 Å². The van der Waals surface area contributed by atoms with Crippen molar-refractivity contribution >= 4 is 23.7 Å². The van der Waals surface area contributed by atoms with Gasteiger partial charge in [0.2, 0.25) is 6.10 Å². The zero-order valence-electron chi connectivity index (χ0n) is 20.5. The van der Waals surface area contributed by atoms with E-state index in [9.17, 15) is 18.8 Å². The lowest BCUT2D eigenvalue weighted by Crippen LogP contribution is -2.50. The summed E-state index contributed by atoms with van der Waals surface area (Å²) < 4.78 is 27.3. The minimum Gasteiger partial charge on any atom is -0.478 e. The molecule has 1 atom stereocenters. The van der Waals surface area contributed by atoms with E-state index >= 15 is 0 Å². The molecule has 35 heavy (non-hydrogen) atoms. The highest BCUT2D eigenvalue weighted by atomic mass is 19.1. The third-order valence-electron chi connectivity index (χ3n) is 5.48. The van der Waals surface area contributed by atoms with Gasteiger partial charge in [0.1, 0.15) is 23.7 Å². The van der Waals surface area contributed by atoms with Crippen molar-refractivity contribution in [2.24, 2.45) is 0 Å². The van der Waals surface area contributed by atoms with Crippen LogP contribution in [0.4, 0.5) is 9.18 Å². The Morgan fingerprint density at radius 1 is 1.09 bits per heavy atom. The van der Waals surface area contributed by atoms with Gasteiger partial charge in [0.25, 0.3) is 5.91 Å². The molecule has 3 rings (SSSR count). The van der Waals surface area contributed by atoms with Crippen molar-refractivity contribution in [2.45, 2.75) is 46.3 Å². The van der Waals surface area contributed by atoms with Gasteiger partial charge in [-0.25, -0.2) is 9.18 Å². The molecule has 0 saturated heterocycles. The van der Waals surface area contributed by atoms with Crippen molar-refractivity contribution in [2.75, 3.05) is 19.6 Å². The Bertz CT molecular complexity index is 1170. The van der Waals surface area contributed by atoms with E-state index in [-0.39, 0.29) is 30.9 Å². The summed E-state index contributed by atoms with van der Waals surface area (Å²) in [7, 11) is 0. The predicted molar refractivity (Wildman–Crippen MR) is 127 cm³/mol. The van der Waals surface area contributed by atoms with Crippen molar-refractivity contribution in [3.63, 3.8) is 0 Å². The average molecular weight is 486 g/mol. The summed E-state index contributed by atoms with van der Waals surface area (Å²) in [6.45, 7) is 9.37. The van der Waals surface area contributed by atoms with E-state index in [1.807, 2.05) is 0 Å². The van der Waals surface area contributed by atoms with Crippen LogP contribution in [0.1, 0.15) is 55.3 Å². The average Bonchev–Trinajstić information content (AvgIpc) is 2.78. The maximum atomic E-state index is 14.4. The molecule has 186 valence electrons. The highest BCUT2D eigenvalue weighted by Crippen LogP contribution is 2.26. The summed E-state index contributed by atoms with van der Waals surface area (Å²) in [4.78, 5) is 38.8. The number of carbonyl (C=O) groups excluding carboxylic acids is 2. The first kappa shape index (κ1) is 25.9. The Balaban J connectivity index is 1.87. The van der Waals surface area contributed by atoms with Crippen LogP contribution < -0.4 is 4.74 Å². The van der Waals surface area contributed by atoms with Crippen molar-refractivity contribution in [1.29, 1.82) is 0 Å². The Hall–Kier alpha value is -3.75. The standard InChI is InChI=1S/C26H29FN2O6/c1-16-6-7-19(14-21(16)27)22(34-20-10-8-18(9-11-20)24(31)32)23(30)28-12-13-29(17(2)15-28)25(33)35-26(3,4)5/h6-11,14,22H,12-13,15H2,1-5H3/p+1/t22-/m1/s1. The molecule has 1 aliphatic heterocycles. The maximum absolute atomic E-state index is 14.4. The van der Waals surface area contributed by atoms with E-state index in [2.05, 4.69) is 0 Å². The Kier molecular flexibility index (Phi) is 7.57. The SMILES string of the molecule is CC1=[N+](C(=O)OC(C)(C)C)CCN(C(=O)[C@H](Oc2ccc(C(=O)O)cc2)c2ccc(C)c(F)c2)C1. The van der Waals surface area contributed by atoms with Crippen molar-refractivity contribution < 1.29 is 37.9 Å². The van der Waals surface area contributed by atoms with Crippen molar-refractivity contribution in [3.8, 4) is 5.75 Å². The molecule has 1 N–H and O–H groups in total. The van der Waals surface area contributed by atoms with E-state index < -0.39 is 35.5 Å². The summed E-state index contributed by atoms with van der Waals surface area (Å²) >= 11 is 0. The van der Waals surface area contributed by atoms with Gasteiger partial charge in [-0.3, -0.25) is 4.79 Å². The van der Waals surface area contributed by atoms with Gasteiger partial charge in [-0.2, -0.15) is 4.79 Å². The van der Waals surface area contributed by atoms with Crippen LogP contribution in [-0.2, 0) is 9.53 Å². The Morgan fingerprint density at radius 2 is 1.74 bits per heavy atom. The molecule has 1 heterocycles. The normalized spacial score (nSPS) is 15.0. The molecule has 2 amide bonds. The summed E-state index contributed by atoms with van der Waals surface area (Å²) in [6.07, 6.45) is -1.64. The number of rotatable bonds is 5. The van der Waals surface area contributed by atoms with E-state index in [4.69, 9.17) is 14.6 Å². The zero-order valence-corrected chi connectivity index (χ0v) is 20.5. The zero-order chi connectivity index (χ0) is 25.9. The fourth-order valence-electron chi connectivity index (χ4n) is 3.62.